The fraction of sp³-hybridized carbons (Fsp3) is 0.250. The standard InChI is InChI=1S/C24H30N4/c1-25(2)19-7-13-22(14-8-19)28(23-15-9-20(10-16-23)26(3)4)24-17-11-21(12-18-24)27(5)6/h7-18H,1-6H3/q+2. The first-order valence-electron chi connectivity index (χ1n) is 9.49. The Morgan fingerprint density at radius 1 is 0.536 bits per heavy atom. The summed E-state index contributed by atoms with van der Waals surface area (Å²) < 4.78 is 4.41. The van der Waals surface area contributed by atoms with Crippen molar-refractivity contribution in [3.05, 3.63) is 72.8 Å². The predicted molar refractivity (Wildman–Crippen MR) is 123 cm³/mol. The maximum absolute atomic E-state index is 2.29. The first-order valence-corrected chi connectivity index (χ1v) is 9.49. The summed E-state index contributed by atoms with van der Waals surface area (Å²) in [5.74, 6) is 0. The number of hydrogen-bond acceptors (Lipinski definition) is 2. The van der Waals surface area contributed by atoms with E-state index in [-0.39, 0.29) is 0 Å². The Bertz CT molecular complexity index is 881. The lowest BCUT2D eigenvalue weighted by atomic mass is 10.1. The maximum Gasteiger partial charge on any atom is 0.212 e. The molecule has 144 valence electrons. The highest BCUT2D eigenvalue weighted by Crippen LogP contribution is 2.26. The lowest BCUT2D eigenvalue weighted by Crippen LogP contribution is -2.19. The number of hydrogen-bond donors (Lipinski definition) is 0. The van der Waals surface area contributed by atoms with Gasteiger partial charge in [-0.3, -0.25) is 0 Å². The van der Waals surface area contributed by atoms with Gasteiger partial charge in [-0.05, 0) is 24.3 Å². The van der Waals surface area contributed by atoms with Crippen molar-refractivity contribution in [3.63, 3.8) is 0 Å². The minimum atomic E-state index is 1.14. The second-order valence-corrected chi connectivity index (χ2v) is 7.57. The van der Waals surface area contributed by atoms with Crippen LogP contribution < -0.4 is 14.4 Å². The summed E-state index contributed by atoms with van der Waals surface area (Å²) in [4.78, 5) is 4.23. The summed E-state index contributed by atoms with van der Waals surface area (Å²) in [7, 11) is 12.4. The summed E-state index contributed by atoms with van der Waals surface area (Å²) in [6.45, 7) is 0. The largest absolute Gasteiger partial charge is 0.378 e. The van der Waals surface area contributed by atoms with Crippen molar-refractivity contribution in [3.8, 4) is 0 Å². The molecule has 0 N–H and O–H groups in total. The van der Waals surface area contributed by atoms with E-state index < -0.39 is 0 Å². The van der Waals surface area contributed by atoms with Gasteiger partial charge in [-0.25, -0.2) is 4.58 Å². The zero-order valence-corrected chi connectivity index (χ0v) is 17.7. The van der Waals surface area contributed by atoms with Crippen LogP contribution >= 0.6 is 0 Å². The van der Waals surface area contributed by atoms with E-state index in [4.69, 9.17) is 0 Å². The van der Waals surface area contributed by atoms with Gasteiger partial charge in [0.15, 0.2) is 5.71 Å². The van der Waals surface area contributed by atoms with Crippen LogP contribution in [0, 0.1) is 0 Å². The molecule has 4 heteroatoms. The van der Waals surface area contributed by atoms with E-state index in [2.05, 4.69) is 134 Å². The summed E-state index contributed by atoms with van der Waals surface area (Å²) >= 11 is 0. The van der Waals surface area contributed by atoms with Crippen molar-refractivity contribution in [1.82, 2.24) is 4.58 Å². The average molecular weight is 375 g/mol. The van der Waals surface area contributed by atoms with Gasteiger partial charge < -0.3 is 9.80 Å². The van der Waals surface area contributed by atoms with Crippen LogP contribution in [-0.2, 0) is 0 Å². The van der Waals surface area contributed by atoms with Gasteiger partial charge in [0.2, 0.25) is 17.1 Å². The fourth-order valence-corrected chi connectivity index (χ4v) is 3.15. The van der Waals surface area contributed by atoms with Crippen LogP contribution in [0.1, 0.15) is 0 Å². The fourth-order valence-electron chi connectivity index (χ4n) is 3.15. The molecule has 0 radical (unpaired) electrons. The first-order chi connectivity index (χ1) is 13.4. The van der Waals surface area contributed by atoms with Crippen LogP contribution in [0.25, 0.3) is 0 Å². The molecule has 0 bridgehead atoms. The van der Waals surface area contributed by atoms with E-state index in [1.807, 2.05) is 0 Å². The summed E-state index contributed by atoms with van der Waals surface area (Å²) in [6, 6.07) is 17.3. The van der Waals surface area contributed by atoms with E-state index >= 15 is 0 Å². The van der Waals surface area contributed by atoms with Crippen LogP contribution in [0.5, 0.6) is 0 Å². The van der Waals surface area contributed by atoms with E-state index in [1.54, 1.807) is 0 Å². The van der Waals surface area contributed by atoms with Crippen LogP contribution in [0.3, 0.4) is 0 Å². The van der Waals surface area contributed by atoms with Gasteiger partial charge in [-0.1, -0.05) is 0 Å². The zero-order valence-electron chi connectivity index (χ0n) is 17.7. The molecule has 2 aromatic carbocycles. The van der Waals surface area contributed by atoms with E-state index in [0.29, 0.717) is 0 Å². The van der Waals surface area contributed by atoms with Crippen LogP contribution in [0.15, 0.2) is 72.8 Å². The molecule has 2 aromatic rings. The first kappa shape index (κ1) is 19.6. The van der Waals surface area contributed by atoms with Crippen molar-refractivity contribution in [2.24, 2.45) is 0 Å². The van der Waals surface area contributed by atoms with Crippen molar-refractivity contribution >= 4 is 34.2 Å². The minimum absolute atomic E-state index is 1.14. The molecule has 0 saturated heterocycles. The van der Waals surface area contributed by atoms with Crippen LogP contribution in [0.2, 0.25) is 0 Å². The normalized spacial score (nSPS) is 12.9. The molecule has 0 heterocycles. The Morgan fingerprint density at radius 3 is 1.21 bits per heavy atom. The van der Waals surface area contributed by atoms with Gasteiger partial charge in [0, 0.05) is 88.1 Å². The average Bonchev–Trinajstić information content (AvgIpc) is 2.69. The van der Waals surface area contributed by atoms with Crippen molar-refractivity contribution in [1.29, 1.82) is 0 Å². The Morgan fingerprint density at radius 2 is 0.893 bits per heavy atom. The molecule has 3 rings (SSSR count). The molecule has 0 amide bonds. The molecule has 0 aromatic heterocycles. The molecule has 0 fully saturated rings. The SMILES string of the molecule is CN(C)c1ccc([N+](=C2C=CC(=[N+](C)C)C=C2)c2ccc(N(C)C)cc2)cc1. The topological polar surface area (TPSA) is 12.5 Å². The molecule has 28 heavy (non-hydrogen) atoms. The summed E-state index contributed by atoms with van der Waals surface area (Å²) in [5.41, 5.74) is 6.99. The zero-order chi connectivity index (χ0) is 20.3. The van der Waals surface area contributed by atoms with Gasteiger partial charge >= 0.3 is 0 Å². The Hall–Kier alpha value is -3.14. The second kappa shape index (κ2) is 8.26. The quantitative estimate of drug-likeness (QED) is 0.594. The molecule has 0 spiro atoms. The molecule has 0 aliphatic heterocycles. The van der Waals surface area contributed by atoms with Crippen molar-refractivity contribution < 1.29 is 4.58 Å². The van der Waals surface area contributed by atoms with Crippen molar-refractivity contribution in [2.45, 2.75) is 0 Å². The monoisotopic (exact) mass is 374 g/mol. The van der Waals surface area contributed by atoms with E-state index in [1.165, 1.54) is 17.1 Å². The highest BCUT2D eigenvalue weighted by molar-refractivity contribution is 6.18. The predicted octanol–water partition coefficient (Wildman–Crippen LogP) is 3.93. The Labute approximate surface area is 168 Å². The number of allylic oxidation sites excluding steroid dienone is 4. The Kier molecular flexibility index (Phi) is 5.78. The molecule has 4 nitrogen and oxygen atoms in total. The van der Waals surface area contributed by atoms with Crippen LogP contribution in [0.4, 0.5) is 22.7 Å². The third-order valence-corrected chi connectivity index (χ3v) is 4.87. The molecule has 0 saturated carbocycles. The highest BCUT2D eigenvalue weighted by Gasteiger charge is 2.20. The molecule has 1 aliphatic carbocycles. The van der Waals surface area contributed by atoms with Gasteiger partial charge in [0.25, 0.3) is 0 Å². The molecular weight excluding hydrogens is 344 g/mol. The van der Waals surface area contributed by atoms with Crippen LogP contribution in [-0.4, -0.2) is 58.3 Å². The third-order valence-electron chi connectivity index (χ3n) is 4.87. The second-order valence-electron chi connectivity index (χ2n) is 7.57. The Balaban J connectivity index is 2.12. The maximum atomic E-state index is 2.29. The summed E-state index contributed by atoms with van der Waals surface area (Å²) in [5, 5.41) is 0. The number of rotatable bonds is 4. The highest BCUT2D eigenvalue weighted by atomic mass is 15.1. The number of nitrogens with zero attached hydrogens (tertiary/aromatic N) is 4. The summed E-state index contributed by atoms with van der Waals surface area (Å²) in [6.07, 6.45) is 8.67. The smallest absolute Gasteiger partial charge is 0.212 e. The van der Waals surface area contributed by atoms with Gasteiger partial charge in [-0.2, -0.15) is 4.58 Å². The third kappa shape index (κ3) is 4.22. The van der Waals surface area contributed by atoms with Gasteiger partial charge in [-0.15, -0.1) is 0 Å². The van der Waals surface area contributed by atoms with Gasteiger partial charge in [0.05, 0.1) is 0 Å². The van der Waals surface area contributed by atoms with E-state index in [0.717, 1.165) is 17.1 Å². The molecule has 0 unspecified atom stereocenters. The van der Waals surface area contributed by atoms with Crippen molar-refractivity contribution in [2.75, 3.05) is 52.1 Å². The lowest BCUT2D eigenvalue weighted by molar-refractivity contribution is -0.462. The molecule has 0 atom stereocenters. The molecular formula is C24H30N4+2. The minimum Gasteiger partial charge on any atom is -0.378 e. The lowest BCUT2D eigenvalue weighted by Gasteiger charge is -2.14. The number of benzene rings is 2. The number of anilines is 2. The van der Waals surface area contributed by atoms with E-state index in [9.17, 15) is 0 Å². The van der Waals surface area contributed by atoms with Gasteiger partial charge in [0.1, 0.15) is 14.1 Å². The molecule has 1 aliphatic rings.